The van der Waals surface area contributed by atoms with Crippen LogP contribution in [0.5, 0.6) is 0 Å². The van der Waals surface area contributed by atoms with E-state index >= 15 is 0 Å². The molecule has 0 fully saturated rings. The number of alkyl halides is 3. The molecule has 0 spiro atoms. The number of carbonyl (C=O) groups is 2. The molecule has 0 aliphatic carbocycles. The minimum absolute atomic E-state index is 0.0812. The van der Waals surface area contributed by atoms with Gasteiger partial charge in [-0.1, -0.05) is 11.8 Å². The Morgan fingerprint density at radius 2 is 2.05 bits per heavy atom. The largest absolute Gasteiger partial charge is 0.451 e. The number of carbonyl (C=O) groups excluding carboxylic acids is 2. The van der Waals surface area contributed by atoms with Crippen LogP contribution in [0.4, 0.5) is 18.0 Å². The van der Waals surface area contributed by atoms with E-state index in [0.29, 0.717) is 0 Å². The average molecular weight is 341 g/mol. The summed E-state index contributed by atoms with van der Waals surface area (Å²) in [5, 5.41) is 10.7. The van der Waals surface area contributed by atoms with Crippen LogP contribution >= 0.6 is 11.8 Å². The molecule has 1 aromatic rings. The fraction of sp³-hybridized carbons (Fsp3) is 0.600. The number of urea groups is 1. The standard InChI is InChI=1S/C10H14F3N5O3S/c1-18-7(10(11,12)13)16-17-9(18)22-5-6(19)15-8(20)14-3-4-21-2/h3-5H2,1-2H3,(H2,14,15,19,20). The molecule has 1 aromatic heterocycles. The van der Waals surface area contributed by atoms with Crippen molar-refractivity contribution in [1.29, 1.82) is 0 Å². The summed E-state index contributed by atoms with van der Waals surface area (Å²) in [6.07, 6.45) is -4.62. The summed E-state index contributed by atoms with van der Waals surface area (Å²) in [6, 6.07) is -0.711. The Morgan fingerprint density at radius 3 is 2.59 bits per heavy atom. The second-order valence-electron chi connectivity index (χ2n) is 3.95. The first-order valence-electron chi connectivity index (χ1n) is 5.91. The predicted molar refractivity (Wildman–Crippen MR) is 70.1 cm³/mol. The first-order chi connectivity index (χ1) is 10.3. The van der Waals surface area contributed by atoms with Gasteiger partial charge in [-0.05, 0) is 0 Å². The monoisotopic (exact) mass is 341 g/mol. The maximum Gasteiger partial charge on any atom is 0.451 e. The molecule has 0 aromatic carbocycles. The summed E-state index contributed by atoms with van der Waals surface area (Å²) in [5.74, 6) is -2.11. The van der Waals surface area contributed by atoms with Gasteiger partial charge in [0.15, 0.2) is 5.16 Å². The summed E-state index contributed by atoms with van der Waals surface area (Å²) < 4.78 is 43.0. The quantitative estimate of drug-likeness (QED) is 0.574. The Labute approximate surface area is 127 Å². The minimum atomic E-state index is -4.62. The van der Waals surface area contributed by atoms with Crippen LogP contribution in [0.1, 0.15) is 5.82 Å². The van der Waals surface area contributed by atoms with Crippen molar-refractivity contribution in [3.63, 3.8) is 0 Å². The Kier molecular flexibility index (Phi) is 6.61. The number of nitrogens with one attached hydrogen (secondary N) is 2. The number of nitrogens with zero attached hydrogens (tertiary/aromatic N) is 3. The van der Waals surface area contributed by atoms with Gasteiger partial charge in [-0.25, -0.2) is 4.79 Å². The van der Waals surface area contributed by atoms with E-state index in [9.17, 15) is 22.8 Å². The molecular weight excluding hydrogens is 327 g/mol. The lowest BCUT2D eigenvalue weighted by molar-refractivity contribution is -0.147. The number of hydrogen-bond donors (Lipinski definition) is 2. The second kappa shape index (κ2) is 7.98. The molecule has 8 nitrogen and oxygen atoms in total. The lowest BCUT2D eigenvalue weighted by Gasteiger charge is -2.07. The van der Waals surface area contributed by atoms with E-state index in [1.165, 1.54) is 7.11 Å². The number of rotatable bonds is 6. The van der Waals surface area contributed by atoms with E-state index < -0.39 is 23.9 Å². The fourth-order valence-electron chi connectivity index (χ4n) is 1.29. The normalized spacial score (nSPS) is 11.3. The SMILES string of the molecule is COCCNC(=O)NC(=O)CSc1nnc(C(F)(F)F)n1C. The van der Waals surface area contributed by atoms with Gasteiger partial charge in [0.05, 0.1) is 12.4 Å². The maximum atomic E-state index is 12.5. The van der Waals surface area contributed by atoms with Crippen molar-refractivity contribution in [2.24, 2.45) is 7.05 Å². The zero-order chi connectivity index (χ0) is 16.8. The molecule has 0 unspecified atom stereocenters. The van der Waals surface area contributed by atoms with Crippen molar-refractivity contribution < 1.29 is 27.5 Å². The summed E-state index contributed by atoms with van der Waals surface area (Å²) in [4.78, 5) is 22.7. The molecule has 0 atom stereocenters. The van der Waals surface area contributed by atoms with E-state index in [4.69, 9.17) is 4.74 Å². The predicted octanol–water partition coefficient (Wildman–Crippen LogP) is 0.398. The lowest BCUT2D eigenvalue weighted by atomic mass is 10.6. The highest BCUT2D eigenvalue weighted by atomic mass is 32.2. The Morgan fingerprint density at radius 1 is 1.36 bits per heavy atom. The van der Waals surface area contributed by atoms with Crippen molar-refractivity contribution in [3.05, 3.63) is 5.82 Å². The van der Waals surface area contributed by atoms with E-state index in [1.807, 2.05) is 5.32 Å². The molecule has 0 saturated heterocycles. The molecule has 124 valence electrons. The summed E-state index contributed by atoms with van der Waals surface area (Å²) in [7, 11) is 2.60. The van der Waals surface area contributed by atoms with Gasteiger partial charge in [0.2, 0.25) is 11.7 Å². The van der Waals surface area contributed by atoms with Crippen LogP contribution in [0.25, 0.3) is 0 Å². The minimum Gasteiger partial charge on any atom is -0.383 e. The fourth-order valence-corrected chi connectivity index (χ4v) is 2.00. The van der Waals surface area contributed by atoms with Crippen molar-refractivity contribution in [2.75, 3.05) is 26.0 Å². The Hall–Kier alpha value is -1.82. The highest BCUT2D eigenvalue weighted by Gasteiger charge is 2.37. The molecule has 0 radical (unpaired) electrons. The number of hydrogen-bond acceptors (Lipinski definition) is 6. The van der Waals surface area contributed by atoms with E-state index in [1.54, 1.807) is 0 Å². The Bertz CT molecular complexity index is 534. The molecule has 22 heavy (non-hydrogen) atoms. The van der Waals surface area contributed by atoms with Crippen LogP contribution in [-0.2, 0) is 22.8 Å². The Balaban J connectivity index is 2.45. The summed E-state index contributed by atoms with van der Waals surface area (Å²) >= 11 is 0.735. The smallest absolute Gasteiger partial charge is 0.383 e. The number of aromatic nitrogens is 3. The van der Waals surface area contributed by atoms with E-state index in [-0.39, 0.29) is 24.1 Å². The van der Waals surface area contributed by atoms with E-state index in [2.05, 4.69) is 15.5 Å². The highest BCUT2D eigenvalue weighted by molar-refractivity contribution is 7.99. The maximum absolute atomic E-state index is 12.5. The van der Waals surface area contributed by atoms with Gasteiger partial charge in [0, 0.05) is 20.7 Å². The zero-order valence-corrected chi connectivity index (χ0v) is 12.5. The molecule has 0 aliphatic heterocycles. The molecular formula is C10H14F3N5O3S. The first kappa shape index (κ1) is 18.2. The van der Waals surface area contributed by atoms with Gasteiger partial charge in [-0.2, -0.15) is 13.2 Å². The average Bonchev–Trinajstić information content (AvgIpc) is 2.78. The molecule has 0 bridgehead atoms. The molecule has 2 N–H and O–H groups in total. The van der Waals surface area contributed by atoms with Crippen LogP contribution in [0.3, 0.4) is 0 Å². The molecule has 1 heterocycles. The van der Waals surface area contributed by atoms with Crippen LogP contribution in [-0.4, -0.2) is 52.7 Å². The van der Waals surface area contributed by atoms with Gasteiger partial charge in [-0.3, -0.25) is 10.1 Å². The van der Waals surface area contributed by atoms with Crippen molar-refractivity contribution in [1.82, 2.24) is 25.4 Å². The topological polar surface area (TPSA) is 98.1 Å². The van der Waals surface area contributed by atoms with E-state index in [0.717, 1.165) is 23.4 Å². The van der Waals surface area contributed by atoms with Gasteiger partial charge in [-0.15, -0.1) is 10.2 Å². The van der Waals surface area contributed by atoms with Crippen LogP contribution in [0.15, 0.2) is 5.16 Å². The van der Waals surface area contributed by atoms with Gasteiger partial charge in [0.1, 0.15) is 0 Å². The zero-order valence-electron chi connectivity index (χ0n) is 11.7. The van der Waals surface area contributed by atoms with Crippen molar-refractivity contribution >= 4 is 23.7 Å². The number of thioether (sulfide) groups is 1. The lowest BCUT2D eigenvalue weighted by Crippen LogP contribution is -2.41. The van der Waals surface area contributed by atoms with Crippen molar-refractivity contribution in [3.8, 4) is 0 Å². The molecule has 0 aliphatic rings. The third-order valence-electron chi connectivity index (χ3n) is 2.27. The summed E-state index contributed by atoms with van der Waals surface area (Å²) in [5.41, 5.74) is 0. The highest BCUT2D eigenvalue weighted by Crippen LogP contribution is 2.29. The third-order valence-corrected chi connectivity index (χ3v) is 3.29. The molecule has 0 saturated carbocycles. The van der Waals surface area contributed by atoms with Crippen LogP contribution in [0, 0.1) is 0 Å². The number of amides is 3. The number of imide groups is 1. The third kappa shape index (κ3) is 5.52. The van der Waals surface area contributed by atoms with Gasteiger partial charge >= 0.3 is 12.2 Å². The number of halogens is 3. The molecule has 1 rings (SSSR count). The summed E-state index contributed by atoms with van der Waals surface area (Å²) in [6.45, 7) is 0.510. The van der Waals surface area contributed by atoms with Crippen LogP contribution in [0.2, 0.25) is 0 Å². The van der Waals surface area contributed by atoms with Crippen LogP contribution < -0.4 is 10.6 Å². The van der Waals surface area contributed by atoms with Gasteiger partial charge in [0.25, 0.3) is 0 Å². The number of methoxy groups -OCH3 is 1. The van der Waals surface area contributed by atoms with Crippen molar-refractivity contribution in [2.45, 2.75) is 11.3 Å². The first-order valence-corrected chi connectivity index (χ1v) is 6.90. The number of ether oxygens (including phenoxy) is 1. The molecule has 12 heteroatoms. The molecule has 3 amide bonds. The second-order valence-corrected chi connectivity index (χ2v) is 4.89. The van der Waals surface area contributed by atoms with Gasteiger partial charge < -0.3 is 14.6 Å².